The molecule has 2 saturated heterocycles. The Balaban J connectivity index is 1.53. The molecule has 2 aliphatic heterocycles. The van der Waals surface area contributed by atoms with Gasteiger partial charge in [0.1, 0.15) is 23.7 Å². The van der Waals surface area contributed by atoms with E-state index in [1.807, 2.05) is 31.3 Å². The summed E-state index contributed by atoms with van der Waals surface area (Å²) >= 11 is 6.71. The van der Waals surface area contributed by atoms with E-state index in [0.717, 1.165) is 19.4 Å². The molecule has 4 aromatic rings. The Hall–Kier alpha value is -3.34. The summed E-state index contributed by atoms with van der Waals surface area (Å²) in [4.78, 5) is 12.5. The lowest BCUT2D eigenvalue weighted by Gasteiger charge is -2.26. The van der Waals surface area contributed by atoms with Gasteiger partial charge in [-0.3, -0.25) is 0 Å². The van der Waals surface area contributed by atoms with Gasteiger partial charge in [0.15, 0.2) is 5.82 Å². The van der Waals surface area contributed by atoms with Gasteiger partial charge >= 0.3 is 6.01 Å². The fraction of sp³-hybridized carbons (Fsp3) is 0.379. The maximum Gasteiger partial charge on any atom is 0.319 e. The number of likely N-dealkylation sites (N-methyl/N-ethyl adjacent to an activating group) is 1. The Kier molecular flexibility index (Phi) is 7.10. The average Bonchev–Trinajstić information content (AvgIpc) is 3.23. The molecule has 0 spiro atoms. The molecule has 1 aromatic heterocycles. The van der Waals surface area contributed by atoms with Gasteiger partial charge in [0.25, 0.3) is 5.92 Å². The number of anilines is 1. The molecule has 2 aliphatic rings. The number of hydrogen-bond donors (Lipinski definition) is 2. The zero-order chi connectivity index (χ0) is 28.0. The van der Waals surface area contributed by atoms with E-state index < -0.39 is 24.8 Å². The first kappa shape index (κ1) is 26.9. The lowest BCUT2D eigenvalue weighted by molar-refractivity contribution is 0.0156. The van der Waals surface area contributed by atoms with Gasteiger partial charge in [-0.2, -0.15) is 9.97 Å². The van der Waals surface area contributed by atoms with Crippen molar-refractivity contribution >= 4 is 39.1 Å². The topological polar surface area (TPSA) is 73.8 Å². The van der Waals surface area contributed by atoms with Crippen molar-refractivity contribution in [2.45, 2.75) is 24.8 Å². The predicted molar refractivity (Wildman–Crippen MR) is 150 cm³/mol. The Morgan fingerprint density at radius 3 is 2.77 bits per heavy atom. The number of fused-ring (bicyclic) bond motifs is 2. The lowest BCUT2D eigenvalue weighted by atomic mass is 9.96. The summed E-state index contributed by atoms with van der Waals surface area (Å²) in [7, 11) is 2.01. The van der Waals surface area contributed by atoms with Gasteiger partial charge in [-0.15, -0.1) is 0 Å². The van der Waals surface area contributed by atoms with Gasteiger partial charge in [0.05, 0.1) is 18.1 Å². The largest absolute Gasteiger partial charge is 0.508 e. The van der Waals surface area contributed by atoms with Crippen molar-refractivity contribution < 1.29 is 23.0 Å². The highest BCUT2D eigenvalue weighted by Gasteiger charge is 2.35. The maximum atomic E-state index is 16.5. The van der Waals surface area contributed by atoms with Crippen LogP contribution in [0.3, 0.4) is 0 Å². The number of benzene rings is 3. The third kappa shape index (κ3) is 5.11. The molecule has 40 heavy (non-hydrogen) atoms. The number of halogens is 4. The quantitative estimate of drug-likeness (QED) is 0.329. The second kappa shape index (κ2) is 10.6. The molecule has 0 aliphatic carbocycles. The summed E-state index contributed by atoms with van der Waals surface area (Å²) < 4.78 is 51.7. The average molecular weight is 572 g/mol. The van der Waals surface area contributed by atoms with Crippen LogP contribution in [0.15, 0.2) is 42.5 Å². The maximum absolute atomic E-state index is 16.5. The van der Waals surface area contributed by atoms with Crippen LogP contribution in [0.5, 0.6) is 11.8 Å². The fourth-order valence-corrected chi connectivity index (χ4v) is 5.95. The SMILES string of the molecule is CN1CCC[C@H]1COc1nc(N2CCNCC(F)(F)C2)c2cc(Cl)c(-c3cc(O)cc4ccccc34)c(F)c2n1. The summed E-state index contributed by atoms with van der Waals surface area (Å²) in [6, 6.07) is 11.9. The Morgan fingerprint density at radius 2 is 1.98 bits per heavy atom. The monoisotopic (exact) mass is 571 g/mol. The van der Waals surface area contributed by atoms with Crippen LogP contribution in [0.2, 0.25) is 5.02 Å². The smallest absolute Gasteiger partial charge is 0.319 e. The number of aromatic hydroxyl groups is 1. The number of likely N-dealkylation sites (tertiary alicyclic amines) is 1. The third-order valence-corrected chi connectivity index (χ3v) is 8.00. The van der Waals surface area contributed by atoms with Crippen molar-refractivity contribution in [1.82, 2.24) is 20.2 Å². The van der Waals surface area contributed by atoms with Crippen LogP contribution in [0.1, 0.15) is 12.8 Å². The van der Waals surface area contributed by atoms with Crippen molar-refractivity contribution in [3.63, 3.8) is 0 Å². The van der Waals surface area contributed by atoms with Gasteiger partial charge in [-0.25, -0.2) is 13.2 Å². The van der Waals surface area contributed by atoms with Crippen molar-refractivity contribution in [2.75, 3.05) is 51.3 Å². The Labute approximate surface area is 234 Å². The second-order valence-electron chi connectivity index (χ2n) is 10.5. The predicted octanol–water partition coefficient (Wildman–Crippen LogP) is 5.47. The minimum atomic E-state index is -3.02. The number of rotatable bonds is 5. The van der Waals surface area contributed by atoms with E-state index >= 15 is 4.39 Å². The fourth-order valence-electron chi connectivity index (χ4n) is 5.65. The minimum Gasteiger partial charge on any atom is -0.508 e. The number of alkyl halides is 2. The molecule has 0 radical (unpaired) electrons. The van der Waals surface area contributed by atoms with E-state index in [1.54, 1.807) is 6.07 Å². The Bertz CT molecular complexity index is 1590. The van der Waals surface area contributed by atoms with E-state index in [9.17, 15) is 13.9 Å². The van der Waals surface area contributed by atoms with Gasteiger partial charge < -0.3 is 25.0 Å². The summed E-state index contributed by atoms with van der Waals surface area (Å²) in [5.41, 5.74) is 0.350. The molecule has 3 aromatic carbocycles. The number of nitrogens with one attached hydrogen (secondary N) is 1. The van der Waals surface area contributed by atoms with Crippen molar-refractivity contribution in [3.8, 4) is 22.9 Å². The highest BCUT2D eigenvalue weighted by Crippen LogP contribution is 2.42. The van der Waals surface area contributed by atoms with Gasteiger partial charge in [0.2, 0.25) is 0 Å². The van der Waals surface area contributed by atoms with Crippen molar-refractivity contribution in [2.24, 2.45) is 0 Å². The summed E-state index contributed by atoms with van der Waals surface area (Å²) in [6.45, 7) is 0.696. The standard InChI is InChI=1S/C29H29ClF3N5O2/c1-37-9-4-6-18(37)14-40-28-35-26-22(27(36-28)38-10-8-34-15-29(32,33)16-38)13-23(30)24(25(26)31)21-12-19(39)11-17-5-2-3-7-20(17)21/h2-3,5,7,11-13,18,34,39H,4,6,8-10,14-16H2,1H3/t18-/m0/s1. The van der Waals surface area contributed by atoms with E-state index in [2.05, 4.69) is 20.2 Å². The zero-order valence-electron chi connectivity index (χ0n) is 21.9. The van der Waals surface area contributed by atoms with E-state index in [1.165, 1.54) is 17.0 Å². The molecule has 1 atom stereocenters. The van der Waals surface area contributed by atoms with Gasteiger partial charge in [0, 0.05) is 30.1 Å². The molecule has 11 heteroatoms. The van der Waals surface area contributed by atoms with Crippen LogP contribution in [-0.2, 0) is 0 Å². The molecule has 3 heterocycles. The molecule has 2 fully saturated rings. The molecule has 210 valence electrons. The number of aromatic nitrogens is 2. The molecular formula is C29H29ClF3N5O2. The molecule has 0 unspecified atom stereocenters. The molecule has 0 amide bonds. The van der Waals surface area contributed by atoms with Crippen LogP contribution < -0.4 is 15.0 Å². The molecule has 0 saturated carbocycles. The zero-order valence-corrected chi connectivity index (χ0v) is 22.7. The normalized spacial score (nSPS) is 19.8. The van der Waals surface area contributed by atoms with Gasteiger partial charge in [-0.05, 0) is 61.0 Å². The highest BCUT2D eigenvalue weighted by atomic mass is 35.5. The molecule has 2 N–H and O–H groups in total. The summed E-state index contributed by atoms with van der Waals surface area (Å²) in [5, 5.41) is 14.8. The summed E-state index contributed by atoms with van der Waals surface area (Å²) in [5.74, 6) is -3.68. The minimum absolute atomic E-state index is 0.0448. The van der Waals surface area contributed by atoms with Crippen LogP contribution in [0.25, 0.3) is 32.8 Å². The van der Waals surface area contributed by atoms with Crippen LogP contribution >= 0.6 is 11.6 Å². The van der Waals surface area contributed by atoms with E-state index in [0.29, 0.717) is 29.5 Å². The van der Waals surface area contributed by atoms with Gasteiger partial charge in [-0.1, -0.05) is 35.9 Å². The molecule has 0 bridgehead atoms. The molecule has 6 rings (SSSR count). The number of hydrogen-bond acceptors (Lipinski definition) is 7. The van der Waals surface area contributed by atoms with E-state index in [-0.39, 0.29) is 51.7 Å². The van der Waals surface area contributed by atoms with Crippen molar-refractivity contribution in [3.05, 3.63) is 53.3 Å². The number of phenols is 1. The number of nitrogens with zero attached hydrogens (tertiary/aromatic N) is 4. The second-order valence-corrected chi connectivity index (χ2v) is 10.9. The first-order valence-electron chi connectivity index (χ1n) is 13.3. The highest BCUT2D eigenvalue weighted by molar-refractivity contribution is 6.35. The third-order valence-electron chi connectivity index (χ3n) is 7.70. The summed E-state index contributed by atoms with van der Waals surface area (Å²) in [6.07, 6.45) is 1.98. The number of ether oxygens (including phenoxy) is 1. The van der Waals surface area contributed by atoms with Crippen LogP contribution in [0.4, 0.5) is 19.0 Å². The van der Waals surface area contributed by atoms with Crippen LogP contribution in [0, 0.1) is 5.82 Å². The van der Waals surface area contributed by atoms with Crippen LogP contribution in [-0.4, -0.2) is 78.3 Å². The molecular weight excluding hydrogens is 543 g/mol. The molecule has 7 nitrogen and oxygen atoms in total. The van der Waals surface area contributed by atoms with Crippen molar-refractivity contribution in [1.29, 1.82) is 0 Å². The van der Waals surface area contributed by atoms with E-state index in [4.69, 9.17) is 16.3 Å². The Morgan fingerprint density at radius 1 is 1.15 bits per heavy atom. The first-order valence-corrected chi connectivity index (χ1v) is 13.7. The first-order chi connectivity index (χ1) is 19.2. The lowest BCUT2D eigenvalue weighted by Crippen LogP contribution is -2.39. The number of phenolic OH excluding ortho intramolecular Hbond substituents is 1.